The van der Waals surface area contributed by atoms with Crippen LogP contribution in [0.3, 0.4) is 0 Å². The third-order valence-corrected chi connectivity index (χ3v) is 3.41. The molecule has 0 aromatic heterocycles. The number of carbonyl (C=O) groups is 1. The van der Waals surface area contributed by atoms with Crippen molar-refractivity contribution >= 4 is 11.6 Å². The molecule has 0 aliphatic carbocycles. The summed E-state index contributed by atoms with van der Waals surface area (Å²) in [7, 11) is 1.54. The van der Waals surface area contributed by atoms with Gasteiger partial charge in [-0.1, -0.05) is 18.8 Å². The Morgan fingerprint density at radius 3 is 2.70 bits per heavy atom. The highest BCUT2D eigenvalue weighted by Crippen LogP contribution is 2.21. The Morgan fingerprint density at radius 1 is 1.50 bits per heavy atom. The normalized spacial score (nSPS) is 13.1. The van der Waals surface area contributed by atoms with Gasteiger partial charge in [-0.05, 0) is 44.0 Å². The Balaban J connectivity index is 2.91. The quantitative estimate of drug-likeness (QED) is 0.826. The number of hydrogen-bond acceptors (Lipinski definition) is 3. The lowest BCUT2D eigenvalue weighted by Crippen LogP contribution is -2.41. The summed E-state index contributed by atoms with van der Waals surface area (Å²) in [6.07, 6.45) is 0.606. The molecule has 1 amide bonds. The molecule has 4 heteroatoms. The zero-order valence-electron chi connectivity index (χ0n) is 12.5. The summed E-state index contributed by atoms with van der Waals surface area (Å²) in [5, 5.41) is 2.90. The molecule has 0 bridgehead atoms. The van der Waals surface area contributed by atoms with Crippen LogP contribution < -0.4 is 11.1 Å². The van der Waals surface area contributed by atoms with Crippen LogP contribution in [0.4, 0.5) is 5.69 Å². The van der Waals surface area contributed by atoms with E-state index in [0.29, 0.717) is 13.0 Å². The van der Waals surface area contributed by atoms with Gasteiger partial charge in [0.2, 0.25) is 0 Å². The molecular formula is C16H22N2O2. The fourth-order valence-electron chi connectivity index (χ4n) is 1.69. The van der Waals surface area contributed by atoms with Gasteiger partial charge in [0.1, 0.15) is 5.60 Å². The van der Waals surface area contributed by atoms with Gasteiger partial charge >= 0.3 is 0 Å². The molecule has 4 nitrogen and oxygen atoms in total. The van der Waals surface area contributed by atoms with E-state index >= 15 is 0 Å². The van der Waals surface area contributed by atoms with Crippen LogP contribution in [0.25, 0.3) is 0 Å². The van der Waals surface area contributed by atoms with Crippen molar-refractivity contribution in [2.45, 2.75) is 32.8 Å². The smallest absolute Gasteiger partial charge is 0.256 e. The second-order valence-electron chi connectivity index (χ2n) is 4.78. The molecule has 0 spiro atoms. The molecule has 1 atom stereocenters. The van der Waals surface area contributed by atoms with E-state index in [0.717, 1.165) is 16.8 Å². The zero-order valence-corrected chi connectivity index (χ0v) is 12.5. The first-order chi connectivity index (χ1) is 9.46. The van der Waals surface area contributed by atoms with Crippen molar-refractivity contribution in [2.75, 3.05) is 19.0 Å². The molecule has 0 radical (unpaired) electrons. The summed E-state index contributed by atoms with van der Waals surface area (Å²) < 4.78 is 5.29. The number of ether oxygens (including phenoxy) is 1. The van der Waals surface area contributed by atoms with Gasteiger partial charge in [0.05, 0.1) is 6.54 Å². The summed E-state index contributed by atoms with van der Waals surface area (Å²) in [6.45, 7) is 5.96. The molecular weight excluding hydrogens is 252 g/mol. The molecule has 1 rings (SSSR count). The lowest BCUT2D eigenvalue weighted by Gasteiger charge is -2.25. The van der Waals surface area contributed by atoms with E-state index in [9.17, 15) is 4.79 Å². The maximum Gasteiger partial charge on any atom is 0.256 e. The highest BCUT2D eigenvalue weighted by Gasteiger charge is 2.31. The summed E-state index contributed by atoms with van der Waals surface area (Å²) >= 11 is 0. The Kier molecular flexibility index (Phi) is 5.75. The minimum absolute atomic E-state index is 0.147. The van der Waals surface area contributed by atoms with E-state index in [-0.39, 0.29) is 5.91 Å². The largest absolute Gasteiger partial charge is 0.369 e. The van der Waals surface area contributed by atoms with Crippen molar-refractivity contribution in [1.82, 2.24) is 0 Å². The van der Waals surface area contributed by atoms with Crippen molar-refractivity contribution < 1.29 is 9.53 Å². The maximum atomic E-state index is 12.2. The summed E-state index contributed by atoms with van der Waals surface area (Å²) in [5.41, 5.74) is 7.14. The van der Waals surface area contributed by atoms with Crippen molar-refractivity contribution in [2.24, 2.45) is 5.73 Å². The number of aryl methyl sites for hydroxylation is 1. The minimum Gasteiger partial charge on any atom is -0.369 e. The Hall–Kier alpha value is -1.83. The van der Waals surface area contributed by atoms with Gasteiger partial charge < -0.3 is 15.8 Å². The van der Waals surface area contributed by atoms with Crippen LogP contribution in [0.2, 0.25) is 0 Å². The molecule has 0 aliphatic heterocycles. The number of methoxy groups -OCH3 is 1. The molecule has 0 aliphatic rings. The van der Waals surface area contributed by atoms with Crippen LogP contribution in [-0.2, 0) is 9.53 Å². The summed E-state index contributed by atoms with van der Waals surface area (Å²) in [6, 6.07) is 5.63. The third-order valence-electron chi connectivity index (χ3n) is 3.41. The Morgan fingerprint density at radius 2 is 2.20 bits per heavy atom. The van der Waals surface area contributed by atoms with E-state index in [1.807, 2.05) is 32.0 Å². The highest BCUT2D eigenvalue weighted by atomic mass is 16.5. The van der Waals surface area contributed by atoms with Gasteiger partial charge in [-0.2, -0.15) is 0 Å². The lowest BCUT2D eigenvalue weighted by atomic mass is 10.0. The number of anilines is 1. The monoisotopic (exact) mass is 274 g/mol. The van der Waals surface area contributed by atoms with Crippen molar-refractivity contribution in [1.29, 1.82) is 0 Å². The number of rotatable bonds is 4. The predicted octanol–water partition coefficient (Wildman–Crippen LogP) is 2.06. The molecule has 3 N–H and O–H groups in total. The van der Waals surface area contributed by atoms with Crippen LogP contribution in [0.5, 0.6) is 0 Å². The number of amides is 1. The molecule has 0 fully saturated rings. The van der Waals surface area contributed by atoms with Crippen LogP contribution in [0.15, 0.2) is 18.2 Å². The number of nitrogens with one attached hydrogen (secondary N) is 1. The molecule has 0 saturated carbocycles. The average Bonchev–Trinajstić information content (AvgIpc) is 2.46. The first kappa shape index (κ1) is 16.2. The van der Waals surface area contributed by atoms with Crippen molar-refractivity contribution in [3.05, 3.63) is 29.3 Å². The first-order valence-electron chi connectivity index (χ1n) is 6.63. The van der Waals surface area contributed by atoms with Crippen LogP contribution >= 0.6 is 0 Å². The second kappa shape index (κ2) is 7.09. The van der Waals surface area contributed by atoms with Gasteiger partial charge in [0, 0.05) is 18.4 Å². The topological polar surface area (TPSA) is 64.3 Å². The van der Waals surface area contributed by atoms with E-state index in [2.05, 4.69) is 17.2 Å². The van der Waals surface area contributed by atoms with Crippen molar-refractivity contribution in [3.63, 3.8) is 0 Å². The Labute approximate surface area is 120 Å². The molecule has 1 aromatic rings. The maximum absolute atomic E-state index is 12.2. The van der Waals surface area contributed by atoms with Gasteiger partial charge in [0.15, 0.2) is 0 Å². The van der Waals surface area contributed by atoms with E-state index in [1.54, 1.807) is 14.0 Å². The second-order valence-corrected chi connectivity index (χ2v) is 4.78. The molecule has 1 unspecified atom stereocenters. The third kappa shape index (κ3) is 3.83. The van der Waals surface area contributed by atoms with E-state index < -0.39 is 5.60 Å². The minimum atomic E-state index is -0.815. The lowest BCUT2D eigenvalue weighted by molar-refractivity contribution is -0.136. The standard InChI is InChI=1S/C16H22N2O2/c1-5-16(3,20-4)15(19)18-14-9-8-13(7-6-10-17)11-12(14)2/h8-9,11H,5,10,17H2,1-4H3,(H,18,19). The molecule has 0 heterocycles. The molecule has 108 valence electrons. The number of nitrogens with two attached hydrogens (primary N) is 1. The first-order valence-corrected chi connectivity index (χ1v) is 6.63. The van der Waals surface area contributed by atoms with E-state index in [1.165, 1.54) is 0 Å². The van der Waals surface area contributed by atoms with E-state index in [4.69, 9.17) is 10.5 Å². The van der Waals surface area contributed by atoms with Crippen LogP contribution in [-0.4, -0.2) is 25.2 Å². The molecule has 1 aromatic carbocycles. The molecule has 0 saturated heterocycles. The fourth-order valence-corrected chi connectivity index (χ4v) is 1.69. The molecule has 20 heavy (non-hydrogen) atoms. The summed E-state index contributed by atoms with van der Waals surface area (Å²) in [5.74, 6) is 5.62. The zero-order chi connectivity index (χ0) is 15.2. The Bertz CT molecular complexity index is 537. The van der Waals surface area contributed by atoms with Gasteiger partial charge in [-0.25, -0.2) is 0 Å². The van der Waals surface area contributed by atoms with Crippen LogP contribution in [0, 0.1) is 18.8 Å². The van der Waals surface area contributed by atoms with Gasteiger partial charge in [-0.15, -0.1) is 0 Å². The van der Waals surface area contributed by atoms with Crippen LogP contribution in [0.1, 0.15) is 31.4 Å². The van der Waals surface area contributed by atoms with Gasteiger partial charge in [0.25, 0.3) is 5.91 Å². The number of carbonyl (C=O) groups excluding carboxylic acids is 1. The highest BCUT2D eigenvalue weighted by molar-refractivity contribution is 5.97. The fraction of sp³-hybridized carbons (Fsp3) is 0.438. The summed E-state index contributed by atoms with van der Waals surface area (Å²) in [4.78, 5) is 12.2. The predicted molar refractivity (Wildman–Crippen MR) is 81.4 cm³/mol. The van der Waals surface area contributed by atoms with Gasteiger partial charge in [-0.3, -0.25) is 4.79 Å². The SMILES string of the molecule is CCC(C)(OC)C(=O)Nc1ccc(C#CCN)cc1C. The van der Waals surface area contributed by atoms with Crippen molar-refractivity contribution in [3.8, 4) is 11.8 Å². The number of benzene rings is 1. The average molecular weight is 274 g/mol. The number of hydrogen-bond donors (Lipinski definition) is 2.